The molecule has 1 aromatic heterocycles. The van der Waals surface area contributed by atoms with E-state index in [0.717, 1.165) is 12.1 Å². The van der Waals surface area contributed by atoms with Crippen LogP contribution in [-0.2, 0) is 0 Å². The summed E-state index contributed by atoms with van der Waals surface area (Å²) < 4.78 is 21.0. The molecule has 0 radical (unpaired) electrons. The molecule has 1 unspecified atom stereocenters. The maximum atomic E-state index is 14.0. The van der Waals surface area contributed by atoms with Crippen LogP contribution in [0.3, 0.4) is 0 Å². The Kier molecular flexibility index (Phi) is 4.96. The van der Waals surface area contributed by atoms with Gasteiger partial charge in [0.15, 0.2) is 11.6 Å². The summed E-state index contributed by atoms with van der Waals surface area (Å²) in [7, 11) is 0. The predicted octanol–water partition coefficient (Wildman–Crippen LogP) is 3.46. The van der Waals surface area contributed by atoms with Gasteiger partial charge in [-0.15, -0.1) is 0 Å². The Bertz CT molecular complexity index is 595. The Morgan fingerprint density at radius 2 is 2.14 bits per heavy atom. The van der Waals surface area contributed by atoms with Crippen molar-refractivity contribution in [2.24, 2.45) is 11.7 Å². The number of nitrogens with two attached hydrogens (primary N) is 1. The standard InChI is InChI=1S/C16H22FN3O/c1-4-21-16-6-5-12(8-13(16)17)20-10-19-9-15(20)14(18)7-11(2)3/h5-6,8-11,14H,4,7,18H2,1-3H3. The first-order chi connectivity index (χ1) is 10.0. The van der Waals surface area contributed by atoms with Crippen LogP contribution in [0.1, 0.15) is 38.9 Å². The van der Waals surface area contributed by atoms with Crippen LogP contribution < -0.4 is 10.5 Å². The lowest BCUT2D eigenvalue weighted by Crippen LogP contribution is -2.16. The number of aromatic nitrogens is 2. The van der Waals surface area contributed by atoms with E-state index < -0.39 is 0 Å². The van der Waals surface area contributed by atoms with Crippen LogP contribution in [0.15, 0.2) is 30.7 Å². The van der Waals surface area contributed by atoms with Crippen molar-refractivity contribution < 1.29 is 9.13 Å². The topological polar surface area (TPSA) is 53.1 Å². The molecular formula is C16H22FN3O. The quantitative estimate of drug-likeness (QED) is 0.886. The highest BCUT2D eigenvalue weighted by molar-refractivity contribution is 5.40. The summed E-state index contributed by atoms with van der Waals surface area (Å²) in [6, 6.07) is 4.76. The molecule has 2 aromatic rings. The molecule has 1 heterocycles. The normalized spacial score (nSPS) is 12.7. The van der Waals surface area contributed by atoms with Crippen molar-refractivity contribution >= 4 is 0 Å². The highest BCUT2D eigenvalue weighted by atomic mass is 19.1. The number of hydrogen-bond donors (Lipinski definition) is 1. The monoisotopic (exact) mass is 291 g/mol. The third-order valence-corrected chi connectivity index (χ3v) is 3.27. The van der Waals surface area contributed by atoms with Crippen LogP contribution >= 0.6 is 0 Å². The van der Waals surface area contributed by atoms with Gasteiger partial charge < -0.3 is 15.0 Å². The maximum Gasteiger partial charge on any atom is 0.167 e. The van der Waals surface area contributed by atoms with Crippen molar-refractivity contribution in [2.75, 3.05) is 6.61 Å². The fourth-order valence-corrected chi connectivity index (χ4v) is 2.34. The summed E-state index contributed by atoms with van der Waals surface area (Å²) in [5.41, 5.74) is 7.79. The van der Waals surface area contributed by atoms with E-state index in [-0.39, 0.29) is 17.6 Å². The average Bonchev–Trinajstić information content (AvgIpc) is 2.90. The van der Waals surface area contributed by atoms with E-state index in [0.29, 0.717) is 18.2 Å². The molecule has 0 bridgehead atoms. The van der Waals surface area contributed by atoms with Crippen molar-refractivity contribution in [1.82, 2.24) is 9.55 Å². The number of rotatable bonds is 6. The van der Waals surface area contributed by atoms with Gasteiger partial charge in [-0.25, -0.2) is 9.37 Å². The molecule has 0 fully saturated rings. The van der Waals surface area contributed by atoms with E-state index in [9.17, 15) is 4.39 Å². The summed E-state index contributed by atoms with van der Waals surface area (Å²) in [6.45, 7) is 6.51. The molecule has 0 saturated heterocycles. The fraction of sp³-hybridized carbons (Fsp3) is 0.438. The lowest BCUT2D eigenvalue weighted by molar-refractivity contribution is 0.321. The van der Waals surface area contributed by atoms with Crippen molar-refractivity contribution in [3.05, 3.63) is 42.2 Å². The van der Waals surface area contributed by atoms with E-state index in [1.807, 2.05) is 11.5 Å². The van der Waals surface area contributed by atoms with Crippen molar-refractivity contribution in [3.63, 3.8) is 0 Å². The van der Waals surface area contributed by atoms with Gasteiger partial charge in [-0.3, -0.25) is 0 Å². The van der Waals surface area contributed by atoms with E-state index in [4.69, 9.17) is 10.5 Å². The van der Waals surface area contributed by atoms with Gasteiger partial charge >= 0.3 is 0 Å². The Labute approximate surface area is 124 Å². The largest absolute Gasteiger partial charge is 0.491 e. The summed E-state index contributed by atoms with van der Waals surface area (Å²) in [4.78, 5) is 4.14. The zero-order valence-corrected chi connectivity index (χ0v) is 12.7. The Balaban J connectivity index is 2.31. The molecule has 5 heteroatoms. The third kappa shape index (κ3) is 3.61. The zero-order valence-electron chi connectivity index (χ0n) is 12.7. The molecule has 0 aliphatic heterocycles. The summed E-state index contributed by atoms with van der Waals surface area (Å²) >= 11 is 0. The van der Waals surface area contributed by atoms with Crippen LogP contribution in [0.2, 0.25) is 0 Å². The summed E-state index contributed by atoms with van der Waals surface area (Å²) in [6.07, 6.45) is 4.25. The number of imidazole rings is 1. The second kappa shape index (κ2) is 6.72. The summed E-state index contributed by atoms with van der Waals surface area (Å²) in [5, 5.41) is 0. The first kappa shape index (κ1) is 15.5. The maximum absolute atomic E-state index is 14.0. The van der Waals surface area contributed by atoms with Crippen LogP contribution in [0.5, 0.6) is 5.75 Å². The Morgan fingerprint density at radius 1 is 1.38 bits per heavy atom. The molecule has 1 aromatic carbocycles. The average molecular weight is 291 g/mol. The molecule has 0 spiro atoms. The van der Waals surface area contributed by atoms with Crippen LogP contribution in [0, 0.1) is 11.7 Å². The summed E-state index contributed by atoms with van der Waals surface area (Å²) in [5.74, 6) is 0.362. The molecule has 4 nitrogen and oxygen atoms in total. The van der Waals surface area contributed by atoms with E-state index >= 15 is 0 Å². The van der Waals surface area contributed by atoms with Crippen molar-refractivity contribution in [2.45, 2.75) is 33.2 Å². The van der Waals surface area contributed by atoms with Gasteiger partial charge in [-0.1, -0.05) is 13.8 Å². The highest BCUT2D eigenvalue weighted by Gasteiger charge is 2.15. The molecule has 2 rings (SSSR count). The molecule has 114 valence electrons. The minimum absolute atomic E-state index is 0.123. The van der Waals surface area contributed by atoms with Gasteiger partial charge in [0.25, 0.3) is 0 Å². The number of nitrogens with zero attached hydrogens (tertiary/aromatic N) is 2. The van der Waals surface area contributed by atoms with Gasteiger partial charge in [-0.2, -0.15) is 0 Å². The first-order valence-corrected chi connectivity index (χ1v) is 7.23. The van der Waals surface area contributed by atoms with Gasteiger partial charge in [0, 0.05) is 12.1 Å². The van der Waals surface area contributed by atoms with Gasteiger partial charge in [0.1, 0.15) is 0 Å². The smallest absolute Gasteiger partial charge is 0.167 e. The molecule has 0 aliphatic rings. The molecule has 0 aliphatic carbocycles. The number of benzene rings is 1. The van der Waals surface area contributed by atoms with Crippen LogP contribution in [-0.4, -0.2) is 16.2 Å². The molecule has 21 heavy (non-hydrogen) atoms. The Hall–Kier alpha value is -1.88. The van der Waals surface area contributed by atoms with Gasteiger partial charge in [0.2, 0.25) is 0 Å². The molecule has 0 amide bonds. The zero-order chi connectivity index (χ0) is 15.4. The lowest BCUT2D eigenvalue weighted by atomic mass is 10.0. The number of halogens is 1. The van der Waals surface area contributed by atoms with Crippen LogP contribution in [0.25, 0.3) is 5.69 Å². The third-order valence-electron chi connectivity index (χ3n) is 3.27. The predicted molar refractivity (Wildman–Crippen MR) is 81.1 cm³/mol. The molecule has 0 saturated carbocycles. The van der Waals surface area contributed by atoms with Crippen molar-refractivity contribution in [3.8, 4) is 11.4 Å². The minimum atomic E-state index is -0.383. The SMILES string of the molecule is CCOc1ccc(-n2cncc2C(N)CC(C)C)cc1F. The van der Waals surface area contributed by atoms with Gasteiger partial charge in [-0.05, 0) is 31.4 Å². The highest BCUT2D eigenvalue weighted by Crippen LogP contribution is 2.25. The van der Waals surface area contributed by atoms with Gasteiger partial charge in [0.05, 0.1) is 30.5 Å². The molecular weight excluding hydrogens is 269 g/mol. The Morgan fingerprint density at radius 3 is 2.76 bits per heavy atom. The minimum Gasteiger partial charge on any atom is -0.491 e. The van der Waals surface area contributed by atoms with E-state index in [1.165, 1.54) is 6.07 Å². The molecule has 2 N–H and O–H groups in total. The van der Waals surface area contributed by atoms with E-state index in [1.54, 1.807) is 24.7 Å². The van der Waals surface area contributed by atoms with Crippen LogP contribution in [0.4, 0.5) is 4.39 Å². The van der Waals surface area contributed by atoms with Crippen molar-refractivity contribution in [1.29, 1.82) is 0 Å². The number of ether oxygens (including phenoxy) is 1. The fourth-order valence-electron chi connectivity index (χ4n) is 2.34. The van der Waals surface area contributed by atoms with E-state index in [2.05, 4.69) is 18.8 Å². The number of hydrogen-bond acceptors (Lipinski definition) is 3. The first-order valence-electron chi connectivity index (χ1n) is 7.23. The second-order valence-corrected chi connectivity index (χ2v) is 5.47. The second-order valence-electron chi connectivity index (χ2n) is 5.47. The lowest BCUT2D eigenvalue weighted by Gasteiger charge is -2.17. The molecule has 1 atom stereocenters.